The van der Waals surface area contributed by atoms with Gasteiger partial charge in [0.25, 0.3) is 0 Å². The molecule has 2 aromatic carbocycles. The van der Waals surface area contributed by atoms with Crippen molar-refractivity contribution >= 4 is 12.3 Å². The first kappa shape index (κ1) is 28.2. The highest BCUT2D eigenvalue weighted by atomic mass is 16.5. The molecule has 0 aromatic heterocycles. The SMILES string of the molecule is CO[C@H]1[C@@H](CN2CN(Cc3cc(C)c(OC(C)=O)c(C)c3)C=N2)[C@H](CCc2ccc(C)cc2)CCC1(C)C. The third kappa shape index (κ3) is 6.76. The van der Waals surface area contributed by atoms with Crippen molar-refractivity contribution in [1.82, 2.24) is 9.91 Å². The van der Waals surface area contributed by atoms with Gasteiger partial charge in [0.15, 0.2) is 0 Å². The van der Waals surface area contributed by atoms with Crippen LogP contribution in [0.4, 0.5) is 0 Å². The third-order valence-electron chi connectivity index (χ3n) is 8.40. The largest absolute Gasteiger partial charge is 0.426 e. The third-order valence-corrected chi connectivity index (χ3v) is 8.40. The van der Waals surface area contributed by atoms with Crippen molar-refractivity contribution < 1.29 is 14.3 Å². The van der Waals surface area contributed by atoms with Crippen LogP contribution in [-0.2, 0) is 22.5 Å². The zero-order valence-corrected chi connectivity index (χ0v) is 24.3. The van der Waals surface area contributed by atoms with Gasteiger partial charge in [-0.25, -0.2) is 0 Å². The van der Waals surface area contributed by atoms with Gasteiger partial charge in [0, 0.05) is 33.0 Å². The van der Waals surface area contributed by atoms with Crippen LogP contribution in [0.5, 0.6) is 5.75 Å². The number of ether oxygens (including phenoxy) is 2. The molecule has 0 radical (unpaired) electrons. The molecule has 1 saturated carbocycles. The zero-order valence-electron chi connectivity index (χ0n) is 24.3. The summed E-state index contributed by atoms with van der Waals surface area (Å²) in [6, 6.07) is 13.2. The topological polar surface area (TPSA) is 54.4 Å². The summed E-state index contributed by atoms with van der Waals surface area (Å²) >= 11 is 0. The fourth-order valence-corrected chi connectivity index (χ4v) is 6.48. The van der Waals surface area contributed by atoms with E-state index in [1.54, 1.807) is 0 Å². The van der Waals surface area contributed by atoms with Crippen LogP contribution in [0.15, 0.2) is 41.5 Å². The fourth-order valence-electron chi connectivity index (χ4n) is 6.48. The Morgan fingerprint density at radius 1 is 1.08 bits per heavy atom. The molecule has 3 atom stereocenters. The van der Waals surface area contributed by atoms with Crippen LogP contribution in [0.1, 0.15) is 67.9 Å². The van der Waals surface area contributed by atoms with Crippen molar-refractivity contribution in [2.75, 3.05) is 20.3 Å². The summed E-state index contributed by atoms with van der Waals surface area (Å²) in [5.74, 6) is 1.42. The number of benzene rings is 2. The fraction of sp³-hybridized carbons (Fsp3) is 0.562. The molecule has 0 unspecified atom stereocenters. The summed E-state index contributed by atoms with van der Waals surface area (Å²) in [7, 11) is 1.88. The Kier molecular flexibility index (Phi) is 8.81. The number of esters is 1. The van der Waals surface area contributed by atoms with E-state index >= 15 is 0 Å². The van der Waals surface area contributed by atoms with Crippen LogP contribution < -0.4 is 4.74 Å². The Balaban J connectivity index is 1.41. The number of carbonyl (C=O) groups excluding carboxylic acids is 1. The zero-order chi connectivity index (χ0) is 27.4. The molecule has 6 heteroatoms. The van der Waals surface area contributed by atoms with Gasteiger partial charge in [-0.05, 0) is 80.0 Å². The van der Waals surface area contributed by atoms with E-state index in [1.165, 1.54) is 42.9 Å². The van der Waals surface area contributed by atoms with Gasteiger partial charge in [-0.3, -0.25) is 9.80 Å². The van der Waals surface area contributed by atoms with Crippen LogP contribution in [-0.4, -0.2) is 48.6 Å². The van der Waals surface area contributed by atoms with Gasteiger partial charge < -0.3 is 14.4 Å². The molecule has 0 N–H and O–H groups in total. The normalized spacial score (nSPS) is 22.7. The molecule has 1 heterocycles. The van der Waals surface area contributed by atoms with Crippen molar-refractivity contribution in [2.45, 2.75) is 79.9 Å². The van der Waals surface area contributed by atoms with Gasteiger partial charge in [-0.2, -0.15) is 5.10 Å². The standard InChI is InChI=1S/C32H45N3O3/c1-22-8-10-26(11-9-22)12-13-28-14-15-32(5,6)31(37-7)29(28)19-35-21-34(20-33-35)18-27-16-23(2)30(24(3)17-27)38-25(4)36/h8-11,16-17,20,28-29,31H,12-15,18-19,21H2,1-7H3/t28-,29+,31+/m1/s1. The predicted molar refractivity (Wildman–Crippen MR) is 153 cm³/mol. The van der Waals surface area contributed by atoms with Crippen molar-refractivity contribution in [2.24, 2.45) is 22.4 Å². The molecule has 206 valence electrons. The average Bonchev–Trinajstić information content (AvgIpc) is 3.28. The molecule has 1 fully saturated rings. The van der Waals surface area contributed by atoms with Gasteiger partial charge in [-0.1, -0.05) is 55.8 Å². The summed E-state index contributed by atoms with van der Waals surface area (Å²) in [6.45, 7) is 14.7. The van der Waals surface area contributed by atoms with Gasteiger partial charge in [-0.15, -0.1) is 0 Å². The first-order chi connectivity index (χ1) is 18.1. The molecule has 0 saturated heterocycles. The summed E-state index contributed by atoms with van der Waals surface area (Å²) in [5, 5.41) is 7.01. The van der Waals surface area contributed by atoms with E-state index in [-0.39, 0.29) is 17.5 Å². The van der Waals surface area contributed by atoms with Crippen molar-refractivity contribution in [1.29, 1.82) is 0 Å². The smallest absolute Gasteiger partial charge is 0.308 e. The second-order valence-corrected chi connectivity index (χ2v) is 12.1. The van der Waals surface area contributed by atoms with E-state index in [4.69, 9.17) is 14.6 Å². The highest BCUT2D eigenvalue weighted by molar-refractivity contribution is 5.70. The number of rotatable bonds is 9. The van der Waals surface area contributed by atoms with Crippen LogP contribution >= 0.6 is 0 Å². The lowest BCUT2D eigenvalue weighted by Gasteiger charge is -2.48. The van der Waals surface area contributed by atoms with Gasteiger partial charge >= 0.3 is 5.97 Å². The number of carbonyl (C=O) groups is 1. The molecule has 0 amide bonds. The highest BCUT2D eigenvalue weighted by Gasteiger charge is 2.44. The molecule has 2 aromatic rings. The number of nitrogens with zero attached hydrogens (tertiary/aromatic N) is 3. The van der Waals surface area contributed by atoms with E-state index < -0.39 is 0 Å². The lowest BCUT2D eigenvalue weighted by molar-refractivity contribution is -0.131. The Morgan fingerprint density at radius 2 is 1.76 bits per heavy atom. The summed E-state index contributed by atoms with van der Waals surface area (Å²) in [4.78, 5) is 13.7. The number of methoxy groups -OCH3 is 1. The predicted octanol–water partition coefficient (Wildman–Crippen LogP) is 6.26. The molecule has 4 rings (SSSR count). The highest BCUT2D eigenvalue weighted by Crippen LogP contribution is 2.45. The molecular weight excluding hydrogens is 474 g/mol. The molecule has 0 spiro atoms. The average molecular weight is 520 g/mol. The van der Waals surface area contributed by atoms with E-state index in [2.05, 4.69) is 67.1 Å². The molecule has 1 aliphatic heterocycles. The molecule has 1 aliphatic carbocycles. The lowest BCUT2D eigenvalue weighted by Crippen LogP contribution is -2.49. The van der Waals surface area contributed by atoms with Crippen LogP contribution in [0.25, 0.3) is 0 Å². The van der Waals surface area contributed by atoms with Crippen LogP contribution in [0.2, 0.25) is 0 Å². The summed E-state index contributed by atoms with van der Waals surface area (Å²) < 4.78 is 11.6. The molecular formula is C32H45N3O3. The number of hydrogen-bond acceptors (Lipinski definition) is 6. The minimum atomic E-state index is -0.288. The molecule has 0 bridgehead atoms. The molecule has 6 nitrogen and oxygen atoms in total. The number of hydrogen-bond donors (Lipinski definition) is 0. The van der Waals surface area contributed by atoms with Crippen LogP contribution in [0, 0.1) is 38.0 Å². The summed E-state index contributed by atoms with van der Waals surface area (Å²) in [5.41, 5.74) is 6.03. The Hall–Kier alpha value is -2.86. The van der Waals surface area contributed by atoms with Gasteiger partial charge in [0.2, 0.25) is 0 Å². The van der Waals surface area contributed by atoms with Gasteiger partial charge in [0.1, 0.15) is 18.8 Å². The van der Waals surface area contributed by atoms with Crippen molar-refractivity contribution in [3.63, 3.8) is 0 Å². The molecule has 38 heavy (non-hydrogen) atoms. The number of aryl methyl sites for hydroxylation is 4. The maximum absolute atomic E-state index is 11.5. The van der Waals surface area contributed by atoms with E-state index in [0.29, 0.717) is 17.6 Å². The minimum absolute atomic E-state index is 0.154. The minimum Gasteiger partial charge on any atom is -0.426 e. The Bertz CT molecular complexity index is 1120. The van der Waals surface area contributed by atoms with Crippen molar-refractivity contribution in [3.8, 4) is 5.75 Å². The van der Waals surface area contributed by atoms with Crippen molar-refractivity contribution in [3.05, 3.63) is 64.2 Å². The lowest BCUT2D eigenvalue weighted by atomic mass is 9.63. The van der Waals surface area contributed by atoms with Gasteiger partial charge in [0.05, 0.1) is 6.10 Å². The second-order valence-electron chi connectivity index (χ2n) is 12.1. The first-order valence-electron chi connectivity index (χ1n) is 14.0. The maximum atomic E-state index is 11.5. The Labute approximate surface area is 229 Å². The first-order valence-corrected chi connectivity index (χ1v) is 14.0. The Morgan fingerprint density at radius 3 is 2.39 bits per heavy atom. The van der Waals surface area contributed by atoms with Crippen LogP contribution in [0.3, 0.4) is 0 Å². The maximum Gasteiger partial charge on any atom is 0.308 e. The quantitative estimate of drug-likeness (QED) is 0.289. The molecule has 2 aliphatic rings. The van der Waals surface area contributed by atoms with E-state index in [0.717, 1.165) is 37.3 Å². The number of hydrazone groups is 1. The second kappa shape index (κ2) is 11.9. The van der Waals surface area contributed by atoms with E-state index in [1.807, 2.05) is 27.3 Å². The summed E-state index contributed by atoms with van der Waals surface area (Å²) in [6.07, 6.45) is 6.88. The van der Waals surface area contributed by atoms with E-state index in [9.17, 15) is 4.79 Å². The monoisotopic (exact) mass is 519 g/mol.